The molecule has 0 spiro atoms. The van der Waals surface area contributed by atoms with Crippen molar-refractivity contribution in [1.29, 1.82) is 0 Å². The van der Waals surface area contributed by atoms with Gasteiger partial charge in [-0.1, -0.05) is 43.3 Å². The van der Waals surface area contributed by atoms with Gasteiger partial charge in [0, 0.05) is 43.2 Å². The van der Waals surface area contributed by atoms with E-state index < -0.39 is 6.10 Å². The second kappa shape index (κ2) is 11.3. The number of ether oxygens (including phenoxy) is 1. The van der Waals surface area contributed by atoms with Crippen molar-refractivity contribution >= 4 is 11.8 Å². The topological polar surface area (TPSA) is 95.9 Å². The predicted molar refractivity (Wildman–Crippen MR) is 136 cm³/mol. The molecule has 8 nitrogen and oxygen atoms in total. The number of benzene rings is 1. The molecule has 8 heteroatoms. The van der Waals surface area contributed by atoms with Crippen LogP contribution in [-0.2, 0) is 11.2 Å². The zero-order valence-corrected chi connectivity index (χ0v) is 20.9. The summed E-state index contributed by atoms with van der Waals surface area (Å²) in [6, 6.07) is 16.6. The van der Waals surface area contributed by atoms with Gasteiger partial charge in [-0.25, -0.2) is 4.98 Å². The van der Waals surface area contributed by atoms with Crippen LogP contribution in [0.15, 0.2) is 67.0 Å². The van der Waals surface area contributed by atoms with Gasteiger partial charge in [0.1, 0.15) is 11.7 Å². The number of likely N-dealkylation sites (N-methyl/N-ethyl adjacent to an activating group) is 1. The van der Waals surface area contributed by atoms with Crippen molar-refractivity contribution in [3.05, 3.63) is 78.2 Å². The van der Waals surface area contributed by atoms with E-state index in [1.54, 1.807) is 35.3 Å². The zero-order valence-electron chi connectivity index (χ0n) is 20.9. The van der Waals surface area contributed by atoms with E-state index >= 15 is 0 Å². The van der Waals surface area contributed by atoms with Gasteiger partial charge < -0.3 is 19.6 Å². The van der Waals surface area contributed by atoms with Crippen molar-refractivity contribution in [2.45, 2.75) is 32.4 Å². The van der Waals surface area contributed by atoms with Crippen molar-refractivity contribution in [2.24, 2.45) is 5.92 Å². The molecule has 1 N–H and O–H groups in total. The monoisotopic (exact) mass is 488 g/mol. The average Bonchev–Trinajstić information content (AvgIpc) is 2.91. The molecule has 36 heavy (non-hydrogen) atoms. The minimum atomic E-state index is -0.405. The number of rotatable bonds is 7. The largest absolute Gasteiger partial charge is 0.472 e. The molecule has 4 rings (SSSR count). The van der Waals surface area contributed by atoms with Gasteiger partial charge in [0.15, 0.2) is 0 Å². The van der Waals surface area contributed by atoms with Crippen LogP contribution in [0, 0.1) is 5.92 Å². The Kier molecular flexibility index (Phi) is 7.95. The first-order valence-corrected chi connectivity index (χ1v) is 12.1. The zero-order chi connectivity index (χ0) is 25.7. The van der Waals surface area contributed by atoms with Crippen molar-refractivity contribution in [2.75, 3.05) is 26.7 Å². The maximum Gasteiger partial charge on any atom is 0.259 e. The molecule has 188 valence electrons. The van der Waals surface area contributed by atoms with Gasteiger partial charge >= 0.3 is 0 Å². The molecule has 1 aliphatic heterocycles. The molecule has 3 aromatic rings. The molecule has 3 atom stereocenters. The number of aliphatic hydroxyl groups excluding tert-OH is 1. The molecule has 2 amide bonds. The minimum Gasteiger partial charge on any atom is -0.472 e. The van der Waals surface area contributed by atoms with Crippen LogP contribution in [0.1, 0.15) is 29.9 Å². The number of carbonyl (C=O) groups excluding carboxylic acids is 2. The van der Waals surface area contributed by atoms with Gasteiger partial charge in [-0.05, 0) is 30.7 Å². The summed E-state index contributed by atoms with van der Waals surface area (Å²) in [5.41, 5.74) is 2.79. The fourth-order valence-corrected chi connectivity index (χ4v) is 4.27. The summed E-state index contributed by atoms with van der Waals surface area (Å²) in [7, 11) is 1.74. The van der Waals surface area contributed by atoms with E-state index in [0.717, 1.165) is 11.1 Å². The number of fused-ring (bicyclic) bond motifs is 1. The lowest BCUT2D eigenvalue weighted by molar-refractivity contribution is -0.130. The van der Waals surface area contributed by atoms with Crippen LogP contribution in [0.5, 0.6) is 5.88 Å². The fourth-order valence-electron chi connectivity index (χ4n) is 4.27. The third kappa shape index (κ3) is 5.71. The number of aromatic nitrogens is 2. The molecule has 0 bridgehead atoms. The summed E-state index contributed by atoms with van der Waals surface area (Å²) >= 11 is 0. The van der Waals surface area contributed by atoms with E-state index in [1.165, 1.54) is 0 Å². The van der Waals surface area contributed by atoms with Crippen molar-refractivity contribution in [1.82, 2.24) is 19.8 Å². The summed E-state index contributed by atoms with van der Waals surface area (Å²) in [6.07, 6.45) is 3.15. The summed E-state index contributed by atoms with van der Waals surface area (Å²) in [5.74, 6) is -0.189. The molecule has 1 aromatic carbocycles. The molecule has 3 heterocycles. The van der Waals surface area contributed by atoms with E-state index in [4.69, 9.17) is 4.74 Å². The summed E-state index contributed by atoms with van der Waals surface area (Å²) in [5, 5.41) is 9.86. The molecule has 2 aromatic heterocycles. The van der Waals surface area contributed by atoms with Crippen LogP contribution in [-0.4, -0.2) is 75.6 Å². The Morgan fingerprint density at radius 2 is 1.92 bits per heavy atom. The van der Waals surface area contributed by atoms with Crippen molar-refractivity contribution in [3.8, 4) is 17.0 Å². The number of aliphatic hydroxyl groups is 1. The second-order valence-electron chi connectivity index (χ2n) is 9.34. The van der Waals surface area contributed by atoms with E-state index in [1.807, 2.05) is 62.4 Å². The Labute approximate surface area is 211 Å². The third-order valence-corrected chi connectivity index (χ3v) is 6.57. The molecule has 0 saturated carbocycles. The highest BCUT2D eigenvalue weighted by molar-refractivity contribution is 5.98. The molecule has 1 aliphatic rings. The first-order chi connectivity index (χ1) is 17.4. The Balaban J connectivity index is 1.62. The van der Waals surface area contributed by atoms with Crippen LogP contribution in [0.3, 0.4) is 0 Å². The van der Waals surface area contributed by atoms with Crippen LogP contribution >= 0.6 is 0 Å². The lowest BCUT2D eigenvalue weighted by Gasteiger charge is -2.37. The minimum absolute atomic E-state index is 0.0733. The van der Waals surface area contributed by atoms with Crippen molar-refractivity contribution in [3.63, 3.8) is 0 Å². The molecular formula is C28H32N4O4. The number of hydrogen-bond acceptors (Lipinski definition) is 6. The molecule has 0 unspecified atom stereocenters. The van der Waals surface area contributed by atoms with Gasteiger partial charge in [-0.15, -0.1) is 0 Å². The second-order valence-corrected chi connectivity index (χ2v) is 9.34. The van der Waals surface area contributed by atoms with Gasteiger partial charge in [-0.2, -0.15) is 0 Å². The van der Waals surface area contributed by atoms with Crippen LogP contribution in [0.25, 0.3) is 11.1 Å². The fraction of sp³-hybridized carbons (Fsp3) is 0.357. The highest BCUT2D eigenvalue weighted by Crippen LogP contribution is 2.30. The first kappa shape index (κ1) is 25.3. The van der Waals surface area contributed by atoms with E-state index in [9.17, 15) is 14.7 Å². The van der Waals surface area contributed by atoms with Crippen molar-refractivity contribution < 1.29 is 19.4 Å². The average molecular weight is 489 g/mol. The van der Waals surface area contributed by atoms with E-state index in [0.29, 0.717) is 24.3 Å². The molecule has 0 fully saturated rings. The molecule has 0 radical (unpaired) electrons. The lowest BCUT2D eigenvalue weighted by atomic mass is 9.99. The highest BCUT2D eigenvalue weighted by Gasteiger charge is 2.34. The van der Waals surface area contributed by atoms with E-state index in [-0.39, 0.29) is 42.7 Å². The SMILES string of the molecule is C[C@@H]1CN([C@H](C)CO)C(=O)c2cc(-c3ccccc3)cnc2O[C@@H]1CN(C)C(=O)Cc1ccccn1. The predicted octanol–water partition coefficient (Wildman–Crippen LogP) is 3.06. The van der Waals surface area contributed by atoms with Crippen LogP contribution in [0.2, 0.25) is 0 Å². The smallest absolute Gasteiger partial charge is 0.259 e. The number of hydrogen-bond donors (Lipinski definition) is 1. The van der Waals surface area contributed by atoms with Gasteiger partial charge in [0.2, 0.25) is 11.8 Å². The summed E-state index contributed by atoms with van der Waals surface area (Å²) in [6.45, 7) is 4.34. The van der Waals surface area contributed by atoms with Gasteiger partial charge in [-0.3, -0.25) is 14.6 Å². The lowest BCUT2D eigenvalue weighted by Crippen LogP contribution is -2.50. The van der Waals surface area contributed by atoms with Crippen LogP contribution < -0.4 is 4.74 Å². The highest BCUT2D eigenvalue weighted by atomic mass is 16.5. The standard InChI is InChI=1S/C28H32N4O4/c1-19-16-32(20(2)18-33)28(35)24-13-22(21-9-5-4-6-10-21)15-30-27(24)36-25(19)17-31(3)26(34)14-23-11-7-8-12-29-23/h4-13,15,19-20,25,33H,14,16-18H2,1-3H3/t19-,20-,25-/m1/s1. The quantitative estimate of drug-likeness (QED) is 0.549. The van der Waals surface area contributed by atoms with Gasteiger partial charge in [0.05, 0.1) is 25.6 Å². The number of nitrogens with zero attached hydrogens (tertiary/aromatic N) is 4. The number of pyridine rings is 2. The van der Waals surface area contributed by atoms with Gasteiger partial charge in [0.25, 0.3) is 5.91 Å². The molecule has 0 saturated heterocycles. The number of carbonyl (C=O) groups is 2. The molecule has 0 aliphatic carbocycles. The van der Waals surface area contributed by atoms with Crippen LogP contribution in [0.4, 0.5) is 0 Å². The third-order valence-electron chi connectivity index (χ3n) is 6.57. The Hall–Kier alpha value is -3.78. The Bertz CT molecular complexity index is 1190. The van der Waals surface area contributed by atoms with E-state index in [2.05, 4.69) is 9.97 Å². The number of amides is 2. The maximum absolute atomic E-state index is 13.6. The Morgan fingerprint density at radius 1 is 1.17 bits per heavy atom. The maximum atomic E-state index is 13.6. The first-order valence-electron chi connectivity index (χ1n) is 12.1. The normalized spacial score (nSPS) is 18.4. The Morgan fingerprint density at radius 3 is 2.61 bits per heavy atom. The summed E-state index contributed by atoms with van der Waals surface area (Å²) in [4.78, 5) is 38.5. The summed E-state index contributed by atoms with van der Waals surface area (Å²) < 4.78 is 6.31. The molecular weight excluding hydrogens is 456 g/mol.